The lowest BCUT2D eigenvalue weighted by Gasteiger charge is -2.27. The van der Waals surface area contributed by atoms with E-state index in [-0.39, 0.29) is 23.9 Å². The zero-order valence-corrected chi connectivity index (χ0v) is 15.4. The Hall–Kier alpha value is -3.16. The molecule has 2 amide bonds. The van der Waals surface area contributed by atoms with Gasteiger partial charge in [0.05, 0.1) is 17.1 Å². The fourth-order valence-corrected chi connectivity index (χ4v) is 3.16. The van der Waals surface area contributed by atoms with Crippen molar-refractivity contribution in [2.24, 2.45) is 0 Å². The Balaban J connectivity index is 1.78. The number of nitrogens with zero attached hydrogens (tertiary/aromatic N) is 2. The number of fused-ring (bicyclic) bond motifs is 1. The quantitative estimate of drug-likeness (QED) is 0.829. The van der Waals surface area contributed by atoms with Crippen molar-refractivity contribution in [2.75, 3.05) is 16.8 Å². The van der Waals surface area contributed by atoms with E-state index in [9.17, 15) is 14.4 Å². The van der Waals surface area contributed by atoms with E-state index in [0.29, 0.717) is 29.2 Å². The molecule has 0 saturated heterocycles. The maximum atomic E-state index is 12.8. The van der Waals surface area contributed by atoms with Gasteiger partial charge in [-0.15, -0.1) is 0 Å². The number of ether oxygens (including phenoxy) is 1. The number of benzene rings is 1. The molecule has 0 radical (unpaired) electrons. The molecule has 2 heterocycles. The fourth-order valence-electron chi connectivity index (χ4n) is 3.16. The molecule has 8 nitrogen and oxygen atoms in total. The molecule has 1 aliphatic heterocycles. The number of anilines is 2. The highest BCUT2D eigenvalue weighted by Gasteiger charge is 2.30. The SMILES string of the molecule is CCc1noc(C)c1C(=O)OCC(=O)N1c2ccccc2NC(=O)C[C@H]1C. The molecule has 0 bridgehead atoms. The number of carbonyl (C=O) groups is 3. The lowest BCUT2D eigenvalue weighted by Crippen LogP contribution is -2.41. The van der Waals surface area contributed by atoms with E-state index in [1.807, 2.05) is 6.92 Å². The predicted octanol–water partition coefficient (Wildman–Crippen LogP) is 2.47. The third-order valence-electron chi connectivity index (χ3n) is 4.43. The Morgan fingerprint density at radius 3 is 2.85 bits per heavy atom. The van der Waals surface area contributed by atoms with Crippen molar-refractivity contribution in [2.45, 2.75) is 39.7 Å². The molecule has 1 N–H and O–H groups in total. The molecule has 8 heteroatoms. The zero-order valence-electron chi connectivity index (χ0n) is 15.4. The highest BCUT2D eigenvalue weighted by molar-refractivity contribution is 6.05. The number of amides is 2. The Morgan fingerprint density at radius 1 is 1.37 bits per heavy atom. The molecular weight excluding hydrogens is 350 g/mol. The second-order valence-electron chi connectivity index (χ2n) is 6.37. The van der Waals surface area contributed by atoms with E-state index >= 15 is 0 Å². The van der Waals surface area contributed by atoms with E-state index in [0.717, 1.165) is 0 Å². The number of esters is 1. The van der Waals surface area contributed by atoms with Crippen LogP contribution in [0.5, 0.6) is 0 Å². The summed E-state index contributed by atoms with van der Waals surface area (Å²) in [4.78, 5) is 38.7. The molecule has 1 aromatic carbocycles. The monoisotopic (exact) mass is 371 g/mol. The number of nitrogens with one attached hydrogen (secondary N) is 1. The van der Waals surface area contributed by atoms with Crippen LogP contribution in [-0.2, 0) is 20.7 Å². The Kier molecular flexibility index (Phi) is 5.25. The minimum absolute atomic E-state index is 0.152. The summed E-state index contributed by atoms with van der Waals surface area (Å²) < 4.78 is 10.3. The summed E-state index contributed by atoms with van der Waals surface area (Å²) in [5.41, 5.74) is 1.88. The predicted molar refractivity (Wildman–Crippen MR) is 97.5 cm³/mol. The Labute approximate surface area is 156 Å². The summed E-state index contributed by atoms with van der Waals surface area (Å²) in [6.45, 7) is 4.80. The van der Waals surface area contributed by atoms with Crippen molar-refractivity contribution in [3.63, 3.8) is 0 Å². The second kappa shape index (κ2) is 7.61. The number of hydrogen-bond donors (Lipinski definition) is 1. The van der Waals surface area contributed by atoms with Crippen LogP contribution in [0.2, 0.25) is 0 Å². The van der Waals surface area contributed by atoms with Gasteiger partial charge in [-0.2, -0.15) is 0 Å². The van der Waals surface area contributed by atoms with Gasteiger partial charge in [0.15, 0.2) is 6.61 Å². The second-order valence-corrected chi connectivity index (χ2v) is 6.37. The van der Waals surface area contributed by atoms with Gasteiger partial charge in [0.1, 0.15) is 11.3 Å². The molecule has 3 rings (SSSR count). The molecule has 0 spiro atoms. The number of rotatable bonds is 4. The van der Waals surface area contributed by atoms with Gasteiger partial charge < -0.3 is 19.5 Å². The van der Waals surface area contributed by atoms with Crippen molar-refractivity contribution in [3.8, 4) is 0 Å². The summed E-state index contributed by atoms with van der Waals surface area (Å²) in [7, 11) is 0. The number of aromatic nitrogens is 1. The first kappa shape index (κ1) is 18.6. The van der Waals surface area contributed by atoms with Crippen LogP contribution in [0.4, 0.5) is 11.4 Å². The molecule has 0 saturated carbocycles. The topological polar surface area (TPSA) is 102 Å². The van der Waals surface area contributed by atoms with E-state index in [4.69, 9.17) is 9.26 Å². The molecular formula is C19H21N3O5. The van der Waals surface area contributed by atoms with Crippen molar-refractivity contribution < 1.29 is 23.6 Å². The van der Waals surface area contributed by atoms with Crippen LogP contribution in [0.3, 0.4) is 0 Å². The molecule has 0 unspecified atom stereocenters. The minimum Gasteiger partial charge on any atom is -0.452 e. The fraction of sp³-hybridized carbons (Fsp3) is 0.368. The molecule has 142 valence electrons. The van der Waals surface area contributed by atoms with Crippen molar-refractivity contribution >= 4 is 29.2 Å². The van der Waals surface area contributed by atoms with Gasteiger partial charge in [0, 0.05) is 12.5 Å². The van der Waals surface area contributed by atoms with Crippen LogP contribution in [0, 0.1) is 6.92 Å². The normalized spacial score (nSPS) is 16.3. The largest absolute Gasteiger partial charge is 0.452 e. The van der Waals surface area contributed by atoms with Crippen LogP contribution in [0.25, 0.3) is 0 Å². The first-order valence-electron chi connectivity index (χ1n) is 8.75. The van der Waals surface area contributed by atoms with Crippen LogP contribution in [0.1, 0.15) is 42.1 Å². The minimum atomic E-state index is -0.649. The lowest BCUT2D eigenvalue weighted by atomic mass is 10.1. The van der Waals surface area contributed by atoms with Crippen molar-refractivity contribution in [3.05, 3.63) is 41.3 Å². The summed E-state index contributed by atoms with van der Waals surface area (Å²) in [6.07, 6.45) is 0.666. The summed E-state index contributed by atoms with van der Waals surface area (Å²) in [5.74, 6) is -0.877. The number of carbonyl (C=O) groups excluding carboxylic acids is 3. The van der Waals surface area contributed by atoms with E-state index in [2.05, 4.69) is 10.5 Å². The molecule has 1 aliphatic rings. The van der Waals surface area contributed by atoms with Gasteiger partial charge in [-0.3, -0.25) is 9.59 Å². The smallest absolute Gasteiger partial charge is 0.344 e. The summed E-state index contributed by atoms with van der Waals surface area (Å²) in [6, 6.07) is 6.66. The highest BCUT2D eigenvalue weighted by atomic mass is 16.5. The third kappa shape index (κ3) is 3.69. The number of para-hydroxylation sites is 2. The molecule has 27 heavy (non-hydrogen) atoms. The van der Waals surface area contributed by atoms with Gasteiger partial charge in [0.2, 0.25) is 5.91 Å². The number of hydrogen-bond acceptors (Lipinski definition) is 6. The van der Waals surface area contributed by atoms with Crippen LogP contribution in [0.15, 0.2) is 28.8 Å². The molecule has 0 fully saturated rings. The number of aryl methyl sites for hydroxylation is 2. The van der Waals surface area contributed by atoms with E-state index in [1.54, 1.807) is 38.1 Å². The molecule has 1 aromatic heterocycles. The molecule has 0 aliphatic carbocycles. The Bertz CT molecular complexity index is 889. The maximum absolute atomic E-state index is 12.8. The van der Waals surface area contributed by atoms with E-state index in [1.165, 1.54) is 4.90 Å². The van der Waals surface area contributed by atoms with Gasteiger partial charge in [0.25, 0.3) is 5.91 Å². The zero-order chi connectivity index (χ0) is 19.6. The first-order valence-corrected chi connectivity index (χ1v) is 8.75. The Morgan fingerprint density at radius 2 is 2.11 bits per heavy atom. The summed E-state index contributed by atoms with van der Waals surface area (Å²) >= 11 is 0. The van der Waals surface area contributed by atoms with Gasteiger partial charge >= 0.3 is 5.97 Å². The average Bonchev–Trinajstić information content (AvgIpc) is 2.95. The maximum Gasteiger partial charge on any atom is 0.344 e. The average molecular weight is 371 g/mol. The van der Waals surface area contributed by atoms with Crippen LogP contribution in [-0.4, -0.2) is 35.6 Å². The van der Waals surface area contributed by atoms with Crippen molar-refractivity contribution in [1.29, 1.82) is 0 Å². The van der Waals surface area contributed by atoms with Crippen LogP contribution < -0.4 is 10.2 Å². The summed E-state index contributed by atoms with van der Waals surface area (Å²) in [5, 5.41) is 6.60. The highest BCUT2D eigenvalue weighted by Crippen LogP contribution is 2.31. The van der Waals surface area contributed by atoms with Gasteiger partial charge in [-0.1, -0.05) is 24.2 Å². The van der Waals surface area contributed by atoms with Gasteiger partial charge in [-0.05, 0) is 32.4 Å². The molecule has 1 atom stereocenters. The molecule has 2 aromatic rings. The van der Waals surface area contributed by atoms with Crippen molar-refractivity contribution in [1.82, 2.24) is 5.16 Å². The van der Waals surface area contributed by atoms with Gasteiger partial charge in [-0.25, -0.2) is 4.79 Å². The first-order chi connectivity index (χ1) is 12.9. The van der Waals surface area contributed by atoms with Crippen LogP contribution >= 0.6 is 0 Å². The van der Waals surface area contributed by atoms with E-state index < -0.39 is 18.5 Å². The lowest BCUT2D eigenvalue weighted by molar-refractivity contribution is -0.122. The third-order valence-corrected chi connectivity index (χ3v) is 4.43. The standard InChI is InChI=1S/C19H21N3O5/c1-4-13-18(12(3)27-21-13)19(25)26-10-17(24)22-11(2)9-16(23)20-14-7-5-6-8-15(14)22/h5-8,11H,4,9-10H2,1-3H3,(H,20,23)/t11-/m1/s1.